The van der Waals surface area contributed by atoms with Crippen molar-refractivity contribution in [2.45, 2.75) is 316 Å². The van der Waals surface area contributed by atoms with E-state index < -0.39 is 97.5 Å². The molecule has 0 aromatic carbocycles. The summed E-state index contributed by atoms with van der Waals surface area (Å²) in [4.78, 5) is 72.7. The maximum Gasteiger partial charge on any atom is 0.472 e. The van der Waals surface area contributed by atoms with Crippen LogP contribution in [0.1, 0.15) is 297 Å². The minimum atomic E-state index is -4.98. The Morgan fingerprint density at radius 3 is 0.875 bits per heavy atom. The number of allylic oxidation sites excluding steroid dienone is 18. The lowest BCUT2D eigenvalue weighted by Crippen LogP contribution is -2.30. The van der Waals surface area contributed by atoms with Crippen LogP contribution in [0.5, 0.6) is 0 Å². The fourth-order valence-electron chi connectivity index (χ4n) is 9.66. The molecule has 0 bridgehead atoms. The smallest absolute Gasteiger partial charge is 0.462 e. The average Bonchev–Trinajstić information content (AvgIpc) is 1.17. The van der Waals surface area contributed by atoms with E-state index in [0.29, 0.717) is 32.1 Å². The Kier molecular flexibility index (Phi) is 66.1. The highest BCUT2D eigenvalue weighted by Crippen LogP contribution is 2.45. The van der Waals surface area contributed by atoms with Crippen molar-refractivity contribution >= 4 is 39.5 Å². The molecule has 552 valence electrons. The second-order valence-corrected chi connectivity index (χ2v) is 27.4. The summed E-state index contributed by atoms with van der Waals surface area (Å²) in [5, 5.41) is 10.6. The van der Waals surface area contributed by atoms with Gasteiger partial charge in [-0.15, -0.1) is 0 Å². The van der Waals surface area contributed by atoms with Gasteiger partial charge in [0.05, 0.1) is 26.4 Å². The second-order valence-electron chi connectivity index (χ2n) is 24.5. The molecule has 0 saturated carbocycles. The van der Waals surface area contributed by atoms with Crippen molar-refractivity contribution in [2.24, 2.45) is 0 Å². The van der Waals surface area contributed by atoms with Crippen molar-refractivity contribution in [1.29, 1.82) is 0 Å². The highest BCUT2D eigenvalue weighted by Gasteiger charge is 2.30. The monoisotopic (exact) mass is 1390 g/mol. The van der Waals surface area contributed by atoms with Crippen molar-refractivity contribution in [3.8, 4) is 0 Å². The van der Waals surface area contributed by atoms with Crippen LogP contribution < -0.4 is 0 Å². The van der Waals surface area contributed by atoms with Crippen LogP contribution in [-0.2, 0) is 65.4 Å². The highest BCUT2D eigenvalue weighted by atomic mass is 31.2. The quantitative estimate of drug-likeness (QED) is 0.0169. The molecule has 17 nitrogen and oxygen atoms in total. The molecule has 0 aromatic rings. The molecule has 19 heteroatoms. The third-order valence-electron chi connectivity index (χ3n) is 15.3. The number of unbranched alkanes of at least 4 members (excludes halogenated alkanes) is 25. The van der Waals surface area contributed by atoms with E-state index in [-0.39, 0.29) is 25.7 Å². The number of hydrogen-bond donors (Lipinski definition) is 3. The van der Waals surface area contributed by atoms with E-state index in [1.807, 2.05) is 12.2 Å². The summed E-state index contributed by atoms with van der Waals surface area (Å²) in [6.45, 7) is 4.53. The van der Waals surface area contributed by atoms with Crippen molar-refractivity contribution < 1.29 is 80.2 Å². The number of aliphatic hydroxyl groups excluding tert-OH is 1. The molecular formula is C77H132O17P2. The highest BCUT2D eigenvalue weighted by molar-refractivity contribution is 7.47. The maximum atomic E-state index is 13.1. The fraction of sp³-hybridized carbons (Fsp3) is 0.714. The summed E-state index contributed by atoms with van der Waals surface area (Å²) in [5.41, 5.74) is 0. The average molecular weight is 1390 g/mol. The summed E-state index contributed by atoms with van der Waals surface area (Å²) in [7, 11) is -9.96. The molecule has 0 aromatic heterocycles. The molecule has 0 fully saturated rings. The van der Waals surface area contributed by atoms with Gasteiger partial charge in [0.25, 0.3) is 0 Å². The summed E-state index contributed by atoms with van der Waals surface area (Å²) in [5.74, 6) is -2.28. The topological polar surface area (TPSA) is 237 Å². The SMILES string of the molecule is CC/C=C\C/C=C\C/C=C\C/C=C\C/C=C\CCCC(=O)OCC(COP(=O)(O)OCC(O)COP(=O)(O)OCC(COC(=O)CCCC/C=C\C/C=C\C/C=C\C/C=C\CC)OC(=O)CCCCCCCCCCCCC)OC(=O)CCCCCCCCCCCCCCC. The van der Waals surface area contributed by atoms with Gasteiger partial charge in [-0.3, -0.25) is 37.3 Å². The van der Waals surface area contributed by atoms with E-state index >= 15 is 0 Å². The fourth-order valence-corrected chi connectivity index (χ4v) is 11.2. The van der Waals surface area contributed by atoms with Gasteiger partial charge in [0, 0.05) is 25.7 Å². The van der Waals surface area contributed by atoms with Crippen LogP contribution >= 0.6 is 15.6 Å². The summed E-state index contributed by atoms with van der Waals surface area (Å²) >= 11 is 0. The van der Waals surface area contributed by atoms with Gasteiger partial charge in [0.15, 0.2) is 12.2 Å². The maximum absolute atomic E-state index is 13.1. The minimum absolute atomic E-state index is 0.0834. The van der Waals surface area contributed by atoms with Crippen LogP contribution in [-0.4, -0.2) is 96.7 Å². The molecule has 0 spiro atoms. The molecule has 0 amide bonds. The number of phosphoric acid groups is 2. The van der Waals surface area contributed by atoms with Crippen molar-refractivity contribution in [3.05, 3.63) is 109 Å². The van der Waals surface area contributed by atoms with Crippen LogP contribution in [0, 0.1) is 0 Å². The Morgan fingerprint density at radius 2 is 0.552 bits per heavy atom. The van der Waals surface area contributed by atoms with Crippen LogP contribution in [0.15, 0.2) is 109 Å². The first kappa shape index (κ1) is 91.7. The lowest BCUT2D eigenvalue weighted by atomic mass is 10.0. The number of esters is 4. The van der Waals surface area contributed by atoms with Crippen molar-refractivity contribution in [1.82, 2.24) is 0 Å². The molecule has 0 radical (unpaired) electrons. The van der Waals surface area contributed by atoms with Crippen molar-refractivity contribution in [2.75, 3.05) is 39.6 Å². The zero-order chi connectivity index (χ0) is 70.4. The Hall–Kier alpha value is -4.28. The largest absolute Gasteiger partial charge is 0.472 e. The molecule has 0 heterocycles. The molecule has 0 aliphatic carbocycles. The number of carbonyl (C=O) groups is 4. The summed E-state index contributed by atoms with van der Waals surface area (Å²) in [6.07, 6.45) is 72.5. The lowest BCUT2D eigenvalue weighted by molar-refractivity contribution is -0.161. The zero-order valence-electron chi connectivity index (χ0n) is 60.0. The molecule has 5 unspecified atom stereocenters. The van der Waals surface area contributed by atoms with E-state index in [2.05, 4.69) is 125 Å². The predicted molar refractivity (Wildman–Crippen MR) is 390 cm³/mol. The predicted octanol–water partition coefficient (Wildman–Crippen LogP) is 21.0. The Morgan fingerprint density at radius 1 is 0.302 bits per heavy atom. The van der Waals surface area contributed by atoms with Gasteiger partial charge in [0.1, 0.15) is 19.3 Å². The number of hydrogen-bond acceptors (Lipinski definition) is 15. The van der Waals surface area contributed by atoms with Gasteiger partial charge < -0.3 is 33.8 Å². The van der Waals surface area contributed by atoms with E-state index in [0.717, 1.165) is 122 Å². The first-order valence-corrected chi connectivity index (χ1v) is 40.1. The van der Waals surface area contributed by atoms with Gasteiger partial charge in [-0.05, 0) is 103 Å². The van der Waals surface area contributed by atoms with Crippen LogP contribution in [0.25, 0.3) is 0 Å². The van der Waals surface area contributed by atoms with Crippen LogP contribution in [0.3, 0.4) is 0 Å². The molecule has 0 rings (SSSR count). The molecular weight excluding hydrogens is 1260 g/mol. The molecule has 0 saturated heterocycles. The molecule has 0 aliphatic rings. The number of aliphatic hydroxyl groups is 1. The van der Waals surface area contributed by atoms with Gasteiger partial charge in [-0.25, -0.2) is 9.13 Å². The number of ether oxygens (including phenoxy) is 4. The van der Waals surface area contributed by atoms with Crippen LogP contribution in [0.4, 0.5) is 0 Å². The Balaban J connectivity index is 5.39. The molecule has 0 aliphatic heterocycles. The minimum Gasteiger partial charge on any atom is -0.462 e. The number of rotatable bonds is 69. The number of carbonyl (C=O) groups excluding carboxylic acids is 4. The molecule has 5 atom stereocenters. The van der Waals surface area contributed by atoms with E-state index in [1.165, 1.54) is 89.9 Å². The molecule has 96 heavy (non-hydrogen) atoms. The van der Waals surface area contributed by atoms with E-state index in [1.54, 1.807) is 0 Å². The lowest BCUT2D eigenvalue weighted by Gasteiger charge is -2.21. The first-order chi connectivity index (χ1) is 46.7. The zero-order valence-corrected chi connectivity index (χ0v) is 61.8. The first-order valence-electron chi connectivity index (χ1n) is 37.1. The molecule has 3 N–H and O–H groups in total. The van der Waals surface area contributed by atoms with Gasteiger partial charge >= 0.3 is 39.5 Å². The third kappa shape index (κ3) is 68.3. The van der Waals surface area contributed by atoms with E-state index in [4.69, 9.17) is 37.0 Å². The normalized spacial score (nSPS) is 14.6. The van der Waals surface area contributed by atoms with Gasteiger partial charge in [-0.2, -0.15) is 0 Å². The number of phosphoric ester groups is 2. The summed E-state index contributed by atoms with van der Waals surface area (Å²) < 4.78 is 68.3. The summed E-state index contributed by atoms with van der Waals surface area (Å²) in [6, 6.07) is 0. The van der Waals surface area contributed by atoms with Gasteiger partial charge in [0.2, 0.25) is 0 Å². The van der Waals surface area contributed by atoms with E-state index in [9.17, 15) is 43.2 Å². The van der Waals surface area contributed by atoms with Crippen LogP contribution in [0.2, 0.25) is 0 Å². The Bertz CT molecular complexity index is 2250. The Labute approximate surface area is 581 Å². The second kappa shape index (κ2) is 69.2. The van der Waals surface area contributed by atoms with Gasteiger partial charge in [-0.1, -0.05) is 278 Å². The van der Waals surface area contributed by atoms with Crippen molar-refractivity contribution in [3.63, 3.8) is 0 Å². The third-order valence-corrected chi connectivity index (χ3v) is 17.2. The standard InChI is InChI=1S/C77H132O17P2/c1-5-9-13-17-21-25-29-32-34-35-37-40-43-46-50-54-58-62-75(80)88-68-73(94-77(82)64-60-56-52-48-44-38-31-27-23-19-15-11-7-3)70-92-96(85,86)90-66-71(78)65-89-95(83,84)91-69-72(93-76(81)63-59-55-51-47-41-28-24-20-16-12-8-4)67-87-74(79)61-57-53-49-45-42-39-36-33-30-26-22-18-14-10-6-2/h9-10,13-14,21-22,25-26,32-34,36-37,40,42,45-46,50,71-73,78H,5-8,11-12,15-20,23-24,27-31,35,38-39,41,43-44,47-49,51-70H2,1-4H3,(H,83,84)(H,85,86)/b13-9-,14-10-,25-21-,26-22-,34-32-,36-33-,40-37-,45-42-,50-46-.